The molecule has 1 heterocycles. The number of aryl methyl sites for hydroxylation is 1. The van der Waals surface area contributed by atoms with Crippen LogP contribution in [0.2, 0.25) is 0 Å². The summed E-state index contributed by atoms with van der Waals surface area (Å²) in [7, 11) is 0. The van der Waals surface area contributed by atoms with E-state index in [9.17, 15) is 4.79 Å². The van der Waals surface area contributed by atoms with Crippen molar-refractivity contribution >= 4 is 5.91 Å². The molecular formula is C25H23N3O3. The minimum atomic E-state index is -0.204. The molecular weight excluding hydrogens is 390 g/mol. The Bertz CT molecular complexity index is 1140. The number of aromatic nitrogens is 2. The van der Waals surface area contributed by atoms with Crippen LogP contribution in [0.25, 0.3) is 22.9 Å². The Hall–Kier alpha value is -3.93. The number of benzene rings is 3. The quantitative estimate of drug-likeness (QED) is 0.455. The number of carbonyl (C=O) groups excluding carboxylic acids is 1. The van der Waals surface area contributed by atoms with Crippen molar-refractivity contribution in [3.05, 3.63) is 90.0 Å². The Morgan fingerprint density at radius 2 is 1.55 bits per heavy atom. The predicted molar refractivity (Wildman–Crippen MR) is 118 cm³/mol. The van der Waals surface area contributed by atoms with E-state index in [-0.39, 0.29) is 12.5 Å². The van der Waals surface area contributed by atoms with Gasteiger partial charge in [0, 0.05) is 12.1 Å². The van der Waals surface area contributed by atoms with Gasteiger partial charge in [0.05, 0.1) is 5.56 Å². The van der Waals surface area contributed by atoms with Crippen molar-refractivity contribution in [2.45, 2.75) is 19.9 Å². The molecule has 0 bridgehead atoms. The van der Waals surface area contributed by atoms with Gasteiger partial charge in [-0.2, -0.15) is 0 Å². The zero-order valence-corrected chi connectivity index (χ0v) is 17.2. The molecule has 0 atom stereocenters. The van der Waals surface area contributed by atoms with Crippen LogP contribution in [0.4, 0.5) is 0 Å². The lowest BCUT2D eigenvalue weighted by atomic mass is 10.1. The third-order valence-corrected chi connectivity index (χ3v) is 4.84. The van der Waals surface area contributed by atoms with Crippen molar-refractivity contribution < 1.29 is 13.9 Å². The molecule has 0 aliphatic heterocycles. The molecule has 0 fully saturated rings. The van der Waals surface area contributed by atoms with Gasteiger partial charge in [0.15, 0.2) is 6.61 Å². The number of hydrogen-bond acceptors (Lipinski definition) is 5. The number of ether oxygens (including phenoxy) is 1. The first-order chi connectivity index (χ1) is 15.2. The van der Waals surface area contributed by atoms with E-state index >= 15 is 0 Å². The van der Waals surface area contributed by atoms with Crippen molar-refractivity contribution in [3.8, 4) is 28.7 Å². The van der Waals surface area contributed by atoms with Crippen molar-refractivity contribution in [3.63, 3.8) is 0 Å². The Kier molecular flexibility index (Phi) is 6.38. The minimum absolute atomic E-state index is 0.107. The average Bonchev–Trinajstić information content (AvgIpc) is 3.33. The van der Waals surface area contributed by atoms with Crippen LogP contribution in [-0.2, 0) is 17.8 Å². The summed E-state index contributed by atoms with van der Waals surface area (Å²) in [5, 5.41) is 11.1. The summed E-state index contributed by atoms with van der Waals surface area (Å²) in [6, 6.07) is 25.0. The average molecular weight is 413 g/mol. The highest BCUT2D eigenvalue weighted by molar-refractivity contribution is 5.78. The Morgan fingerprint density at radius 3 is 2.32 bits per heavy atom. The molecule has 1 amide bonds. The topological polar surface area (TPSA) is 77.2 Å². The smallest absolute Gasteiger partial charge is 0.258 e. The van der Waals surface area contributed by atoms with E-state index in [1.54, 1.807) is 6.07 Å². The van der Waals surface area contributed by atoms with Crippen molar-refractivity contribution in [1.29, 1.82) is 0 Å². The molecule has 6 nitrogen and oxygen atoms in total. The van der Waals surface area contributed by atoms with Gasteiger partial charge in [-0.15, -0.1) is 10.2 Å². The molecule has 1 N–H and O–H groups in total. The first-order valence-electron chi connectivity index (χ1n) is 10.2. The third-order valence-electron chi connectivity index (χ3n) is 4.84. The summed E-state index contributed by atoms with van der Waals surface area (Å²) >= 11 is 0. The molecule has 6 heteroatoms. The zero-order valence-electron chi connectivity index (χ0n) is 17.2. The van der Waals surface area contributed by atoms with Crippen LogP contribution in [0, 0.1) is 0 Å². The first-order valence-corrected chi connectivity index (χ1v) is 10.2. The van der Waals surface area contributed by atoms with Gasteiger partial charge in [0.1, 0.15) is 5.75 Å². The van der Waals surface area contributed by atoms with Crippen molar-refractivity contribution in [1.82, 2.24) is 15.5 Å². The van der Waals surface area contributed by atoms with Crippen molar-refractivity contribution in [2.24, 2.45) is 0 Å². The van der Waals surface area contributed by atoms with Gasteiger partial charge >= 0.3 is 0 Å². The predicted octanol–water partition coefficient (Wildman–Crippen LogP) is 4.66. The molecule has 0 aliphatic rings. The standard InChI is InChI=1S/C25H23N3O3/c1-2-18-12-14-19(15-13-18)16-26-23(29)17-30-22-11-7-6-10-21(22)25-28-27-24(31-25)20-8-4-3-5-9-20/h3-15H,2,16-17H2,1H3,(H,26,29). The van der Waals surface area contributed by atoms with Gasteiger partial charge < -0.3 is 14.5 Å². The van der Waals surface area contributed by atoms with Crippen molar-refractivity contribution in [2.75, 3.05) is 6.61 Å². The molecule has 0 spiro atoms. The first kappa shape index (κ1) is 20.3. The number of carbonyl (C=O) groups is 1. The van der Waals surface area contributed by atoms with E-state index in [2.05, 4.69) is 34.6 Å². The van der Waals surface area contributed by atoms with Gasteiger partial charge in [-0.05, 0) is 41.8 Å². The second-order valence-corrected chi connectivity index (χ2v) is 7.01. The molecule has 0 aliphatic carbocycles. The summed E-state index contributed by atoms with van der Waals surface area (Å²) < 4.78 is 11.6. The van der Waals surface area contributed by atoms with Crippen LogP contribution < -0.4 is 10.1 Å². The highest BCUT2D eigenvalue weighted by atomic mass is 16.5. The third kappa shape index (κ3) is 5.17. The highest BCUT2D eigenvalue weighted by Crippen LogP contribution is 2.30. The second-order valence-electron chi connectivity index (χ2n) is 7.01. The fraction of sp³-hybridized carbons (Fsp3) is 0.160. The van der Waals surface area contributed by atoms with Crippen LogP contribution in [-0.4, -0.2) is 22.7 Å². The number of nitrogens with zero attached hydrogens (tertiary/aromatic N) is 2. The molecule has 1 aromatic heterocycles. The minimum Gasteiger partial charge on any atom is -0.483 e. The maximum Gasteiger partial charge on any atom is 0.258 e. The highest BCUT2D eigenvalue weighted by Gasteiger charge is 2.15. The van der Waals surface area contributed by atoms with E-state index in [1.165, 1.54) is 5.56 Å². The lowest BCUT2D eigenvalue weighted by Crippen LogP contribution is -2.28. The van der Waals surface area contributed by atoms with E-state index < -0.39 is 0 Å². The second kappa shape index (κ2) is 9.71. The fourth-order valence-corrected chi connectivity index (χ4v) is 3.09. The number of hydrogen-bond donors (Lipinski definition) is 1. The SMILES string of the molecule is CCc1ccc(CNC(=O)COc2ccccc2-c2nnc(-c3ccccc3)o2)cc1. The summed E-state index contributed by atoms with van der Waals surface area (Å²) in [5.74, 6) is 1.07. The Balaban J connectivity index is 1.38. The maximum absolute atomic E-state index is 12.3. The van der Waals surface area contributed by atoms with Gasteiger partial charge in [-0.25, -0.2) is 0 Å². The summed E-state index contributed by atoms with van der Waals surface area (Å²) in [6.45, 7) is 2.46. The summed E-state index contributed by atoms with van der Waals surface area (Å²) in [6.07, 6.45) is 0.993. The number of nitrogens with one attached hydrogen (secondary N) is 1. The lowest BCUT2D eigenvalue weighted by molar-refractivity contribution is -0.123. The zero-order chi connectivity index (χ0) is 21.5. The molecule has 0 saturated carbocycles. The molecule has 4 rings (SSSR count). The number of rotatable bonds is 8. The Morgan fingerprint density at radius 1 is 0.871 bits per heavy atom. The van der Waals surface area contributed by atoms with Gasteiger partial charge in [-0.1, -0.05) is 61.5 Å². The molecule has 0 saturated heterocycles. The van der Waals surface area contributed by atoms with Gasteiger partial charge in [-0.3, -0.25) is 4.79 Å². The lowest BCUT2D eigenvalue weighted by Gasteiger charge is -2.10. The van der Waals surface area contributed by atoms with Gasteiger partial charge in [0.25, 0.3) is 11.8 Å². The molecule has 0 radical (unpaired) electrons. The molecule has 31 heavy (non-hydrogen) atoms. The molecule has 3 aromatic carbocycles. The normalized spacial score (nSPS) is 10.6. The maximum atomic E-state index is 12.3. The number of para-hydroxylation sites is 1. The van der Waals surface area contributed by atoms with Crippen LogP contribution in [0.1, 0.15) is 18.1 Å². The summed E-state index contributed by atoms with van der Waals surface area (Å²) in [5.41, 5.74) is 3.79. The van der Waals surface area contributed by atoms with Crippen LogP contribution in [0.5, 0.6) is 5.75 Å². The van der Waals surface area contributed by atoms with E-state index in [4.69, 9.17) is 9.15 Å². The number of amides is 1. The molecule has 0 unspecified atom stereocenters. The van der Waals surface area contributed by atoms with Crippen LogP contribution in [0.15, 0.2) is 83.3 Å². The fourth-order valence-electron chi connectivity index (χ4n) is 3.09. The Labute approximate surface area is 180 Å². The summed E-state index contributed by atoms with van der Waals surface area (Å²) in [4.78, 5) is 12.3. The van der Waals surface area contributed by atoms with E-state index in [0.717, 1.165) is 17.5 Å². The van der Waals surface area contributed by atoms with Crippen LogP contribution >= 0.6 is 0 Å². The van der Waals surface area contributed by atoms with Gasteiger partial charge in [0.2, 0.25) is 5.89 Å². The van der Waals surface area contributed by atoms with E-state index in [1.807, 2.05) is 60.7 Å². The largest absolute Gasteiger partial charge is 0.483 e. The molecule has 4 aromatic rings. The monoisotopic (exact) mass is 413 g/mol. The van der Waals surface area contributed by atoms with Crippen LogP contribution in [0.3, 0.4) is 0 Å². The van der Waals surface area contributed by atoms with E-state index in [0.29, 0.717) is 29.6 Å². The molecule has 156 valence electrons.